The van der Waals surface area contributed by atoms with Gasteiger partial charge >= 0.3 is 0 Å². The number of carbonyl (C=O) groups is 2. The first-order valence-electron chi connectivity index (χ1n) is 9.93. The zero-order valence-corrected chi connectivity index (χ0v) is 18.1. The van der Waals surface area contributed by atoms with E-state index < -0.39 is 0 Å². The van der Waals surface area contributed by atoms with Gasteiger partial charge in [0.2, 0.25) is 5.91 Å². The number of carbonyl (C=O) groups excluding carboxylic acids is 2. The molecular weight excluding hydrogens is 414 g/mol. The molecule has 1 aliphatic carbocycles. The summed E-state index contributed by atoms with van der Waals surface area (Å²) in [6, 6.07) is 14.8. The van der Waals surface area contributed by atoms with Crippen molar-refractivity contribution in [1.82, 2.24) is 20.1 Å². The molecule has 9 heteroatoms. The molecule has 2 aromatic carbocycles. The number of nitrogens with one attached hydrogen (secondary N) is 2. The lowest BCUT2D eigenvalue weighted by molar-refractivity contribution is -0.113. The maximum absolute atomic E-state index is 12.4. The molecule has 160 valence electrons. The zero-order valence-electron chi connectivity index (χ0n) is 17.3. The van der Waals surface area contributed by atoms with Gasteiger partial charge in [-0.1, -0.05) is 11.8 Å². The number of aryl methyl sites for hydroxylation is 1. The van der Waals surface area contributed by atoms with Crippen molar-refractivity contribution in [1.29, 1.82) is 0 Å². The Hall–Kier alpha value is -3.33. The SMILES string of the molecule is COc1ccc(-n2c(C)nnc2SCC(=O)Nc2ccc(C(=O)NC3CC3)cc2)cc1. The molecule has 1 saturated carbocycles. The summed E-state index contributed by atoms with van der Waals surface area (Å²) in [7, 11) is 1.62. The standard InChI is InChI=1S/C22H23N5O3S/c1-14-25-26-22(27(14)18-9-11-19(30-2)12-10-18)31-13-20(28)23-16-5-3-15(4-6-16)21(29)24-17-7-8-17/h3-6,9-12,17H,7-8,13H2,1-2H3,(H,23,28)(H,24,29). The Bertz CT molecular complexity index is 1080. The number of nitrogens with zero attached hydrogens (tertiary/aromatic N) is 3. The first kappa shape index (κ1) is 20.9. The highest BCUT2D eigenvalue weighted by Crippen LogP contribution is 2.24. The van der Waals surface area contributed by atoms with Gasteiger partial charge in [0, 0.05) is 23.0 Å². The summed E-state index contributed by atoms with van der Waals surface area (Å²) in [4.78, 5) is 24.5. The van der Waals surface area contributed by atoms with Crippen LogP contribution in [0.4, 0.5) is 5.69 Å². The van der Waals surface area contributed by atoms with E-state index in [2.05, 4.69) is 20.8 Å². The largest absolute Gasteiger partial charge is 0.497 e. The van der Waals surface area contributed by atoms with Crippen molar-refractivity contribution in [3.05, 3.63) is 59.9 Å². The summed E-state index contributed by atoms with van der Waals surface area (Å²) in [6.07, 6.45) is 2.09. The minimum atomic E-state index is -0.165. The van der Waals surface area contributed by atoms with Crippen molar-refractivity contribution in [2.75, 3.05) is 18.2 Å². The van der Waals surface area contributed by atoms with Gasteiger partial charge in [0.05, 0.1) is 12.9 Å². The van der Waals surface area contributed by atoms with Crippen molar-refractivity contribution in [2.24, 2.45) is 0 Å². The van der Waals surface area contributed by atoms with E-state index in [4.69, 9.17) is 4.74 Å². The number of anilines is 1. The predicted octanol–water partition coefficient (Wildman–Crippen LogP) is 3.21. The highest BCUT2D eigenvalue weighted by molar-refractivity contribution is 7.99. The second-order valence-corrected chi connectivity index (χ2v) is 8.17. The van der Waals surface area contributed by atoms with E-state index in [0.29, 0.717) is 22.4 Å². The maximum Gasteiger partial charge on any atom is 0.251 e. The van der Waals surface area contributed by atoms with Crippen molar-refractivity contribution < 1.29 is 14.3 Å². The molecule has 3 aromatic rings. The van der Waals surface area contributed by atoms with Crippen molar-refractivity contribution in [2.45, 2.75) is 31.0 Å². The van der Waals surface area contributed by atoms with Gasteiger partial charge in [0.25, 0.3) is 5.91 Å². The average molecular weight is 438 g/mol. The van der Waals surface area contributed by atoms with Crippen LogP contribution >= 0.6 is 11.8 Å². The average Bonchev–Trinajstić information content (AvgIpc) is 3.52. The molecule has 1 aliphatic rings. The van der Waals surface area contributed by atoms with Crippen LogP contribution in [0.15, 0.2) is 53.7 Å². The van der Waals surface area contributed by atoms with Gasteiger partial charge in [0.1, 0.15) is 11.6 Å². The molecule has 0 aliphatic heterocycles. The molecule has 0 bridgehead atoms. The molecule has 0 unspecified atom stereocenters. The van der Waals surface area contributed by atoms with Gasteiger partial charge in [0.15, 0.2) is 5.16 Å². The fourth-order valence-corrected chi connectivity index (χ4v) is 3.79. The van der Waals surface area contributed by atoms with Crippen molar-refractivity contribution in [3.63, 3.8) is 0 Å². The molecule has 0 atom stereocenters. The fourth-order valence-electron chi connectivity index (χ4n) is 2.99. The van der Waals surface area contributed by atoms with E-state index in [0.717, 1.165) is 30.1 Å². The molecular formula is C22H23N5O3S. The summed E-state index contributed by atoms with van der Waals surface area (Å²) in [5.74, 6) is 1.43. The smallest absolute Gasteiger partial charge is 0.251 e. The lowest BCUT2D eigenvalue weighted by Gasteiger charge is -2.10. The Morgan fingerprint density at radius 2 is 1.81 bits per heavy atom. The number of thioether (sulfide) groups is 1. The minimum Gasteiger partial charge on any atom is -0.497 e. The third-order valence-corrected chi connectivity index (χ3v) is 5.73. The quantitative estimate of drug-likeness (QED) is 0.525. The van der Waals surface area contributed by atoms with Crippen molar-refractivity contribution in [3.8, 4) is 11.4 Å². The third-order valence-electron chi connectivity index (χ3n) is 4.80. The number of benzene rings is 2. The van der Waals surface area contributed by atoms with Crippen molar-refractivity contribution >= 4 is 29.3 Å². The van der Waals surface area contributed by atoms with E-state index in [1.54, 1.807) is 31.4 Å². The van der Waals surface area contributed by atoms with E-state index >= 15 is 0 Å². The number of rotatable bonds is 8. The van der Waals surface area contributed by atoms with Gasteiger partial charge in [-0.05, 0) is 68.3 Å². The summed E-state index contributed by atoms with van der Waals surface area (Å²) in [6.45, 7) is 1.86. The van der Waals surface area contributed by atoms with E-state index in [9.17, 15) is 9.59 Å². The molecule has 1 aromatic heterocycles. The van der Waals surface area contributed by atoms with Gasteiger partial charge < -0.3 is 15.4 Å². The van der Waals surface area contributed by atoms with Crippen LogP contribution in [0.25, 0.3) is 5.69 Å². The van der Waals surface area contributed by atoms with Crippen LogP contribution < -0.4 is 15.4 Å². The summed E-state index contributed by atoms with van der Waals surface area (Å²) >= 11 is 1.30. The second-order valence-electron chi connectivity index (χ2n) is 7.23. The molecule has 0 radical (unpaired) electrons. The lowest BCUT2D eigenvalue weighted by Crippen LogP contribution is -2.25. The van der Waals surface area contributed by atoms with E-state index in [1.807, 2.05) is 35.8 Å². The highest BCUT2D eigenvalue weighted by Gasteiger charge is 2.23. The maximum atomic E-state index is 12.4. The summed E-state index contributed by atoms with van der Waals surface area (Å²) < 4.78 is 7.10. The normalized spacial score (nSPS) is 13.0. The van der Waals surface area contributed by atoms with Crippen LogP contribution in [0.1, 0.15) is 29.0 Å². The molecule has 0 saturated heterocycles. The molecule has 8 nitrogen and oxygen atoms in total. The number of hydrogen-bond acceptors (Lipinski definition) is 6. The molecule has 1 fully saturated rings. The molecule has 4 rings (SSSR count). The summed E-state index contributed by atoms with van der Waals surface area (Å²) in [5.41, 5.74) is 2.12. The Morgan fingerprint density at radius 3 is 2.45 bits per heavy atom. The monoisotopic (exact) mass is 437 g/mol. The number of ether oxygens (including phenoxy) is 1. The lowest BCUT2D eigenvalue weighted by atomic mass is 10.2. The first-order chi connectivity index (χ1) is 15.0. The van der Waals surface area contributed by atoms with Crippen LogP contribution in [-0.2, 0) is 4.79 Å². The van der Waals surface area contributed by atoms with Crippen LogP contribution in [0, 0.1) is 6.92 Å². The Morgan fingerprint density at radius 1 is 1.10 bits per heavy atom. The fraction of sp³-hybridized carbons (Fsp3) is 0.273. The van der Waals surface area contributed by atoms with Crippen LogP contribution in [0.2, 0.25) is 0 Å². The Kier molecular flexibility index (Phi) is 6.22. The van der Waals surface area contributed by atoms with Gasteiger partial charge in [-0.25, -0.2) is 0 Å². The first-order valence-corrected chi connectivity index (χ1v) is 10.9. The van der Waals surface area contributed by atoms with Crippen LogP contribution in [0.3, 0.4) is 0 Å². The van der Waals surface area contributed by atoms with E-state index in [1.165, 1.54) is 11.8 Å². The predicted molar refractivity (Wildman–Crippen MR) is 119 cm³/mol. The second kappa shape index (κ2) is 9.22. The van der Waals surface area contributed by atoms with Gasteiger partial charge in [-0.3, -0.25) is 14.2 Å². The Balaban J connectivity index is 1.35. The Labute approximate surface area is 184 Å². The highest BCUT2D eigenvalue weighted by atomic mass is 32.2. The number of aromatic nitrogens is 3. The summed E-state index contributed by atoms with van der Waals surface area (Å²) in [5, 5.41) is 14.8. The molecule has 2 N–H and O–H groups in total. The minimum absolute atomic E-state index is 0.0795. The molecule has 31 heavy (non-hydrogen) atoms. The zero-order chi connectivity index (χ0) is 21.8. The number of methoxy groups -OCH3 is 1. The number of amides is 2. The van der Waals surface area contributed by atoms with Crippen LogP contribution in [0.5, 0.6) is 5.75 Å². The molecule has 0 spiro atoms. The number of hydrogen-bond donors (Lipinski definition) is 2. The van der Waals surface area contributed by atoms with Gasteiger partial charge in [-0.2, -0.15) is 0 Å². The van der Waals surface area contributed by atoms with Crippen LogP contribution in [-0.4, -0.2) is 45.5 Å². The molecule has 2 amide bonds. The van der Waals surface area contributed by atoms with Gasteiger partial charge in [-0.15, -0.1) is 10.2 Å². The third kappa shape index (κ3) is 5.24. The molecule has 1 heterocycles. The van der Waals surface area contributed by atoms with E-state index in [-0.39, 0.29) is 17.6 Å². The topological polar surface area (TPSA) is 98.1 Å².